The Morgan fingerprint density at radius 2 is 1.74 bits per heavy atom. The third-order valence-corrected chi connectivity index (χ3v) is 6.66. The molecule has 0 aliphatic carbocycles. The molecule has 1 atom stereocenters. The average molecular weight is 534 g/mol. The molecule has 0 bridgehead atoms. The Morgan fingerprint density at radius 1 is 0.974 bits per heavy atom. The molecule has 0 saturated carbocycles. The van der Waals surface area contributed by atoms with Gasteiger partial charge in [0.25, 0.3) is 0 Å². The molecule has 3 heterocycles. The number of nitrogens with zero attached hydrogens (tertiary/aromatic N) is 5. The fourth-order valence-corrected chi connectivity index (χ4v) is 4.56. The maximum Gasteiger partial charge on any atom is 0.224 e. The lowest BCUT2D eigenvalue weighted by atomic mass is 9.91. The third-order valence-electron chi connectivity index (χ3n) is 6.66. The number of ether oxygens (including phenoxy) is 4. The molecule has 3 aromatic heterocycles. The minimum Gasteiger partial charge on any atom is -0.493 e. The number of pyridine rings is 1. The Morgan fingerprint density at radius 3 is 2.38 bits per heavy atom. The van der Waals surface area contributed by atoms with Crippen molar-refractivity contribution >= 4 is 11.7 Å². The van der Waals surface area contributed by atoms with E-state index in [0.717, 1.165) is 42.2 Å². The van der Waals surface area contributed by atoms with E-state index < -0.39 is 0 Å². The smallest absolute Gasteiger partial charge is 0.224 e. The number of rotatable bonds is 11. The van der Waals surface area contributed by atoms with Gasteiger partial charge in [-0.2, -0.15) is 9.61 Å². The van der Waals surface area contributed by atoms with Crippen LogP contribution in [0, 0.1) is 0 Å². The van der Waals surface area contributed by atoms with Crippen molar-refractivity contribution in [3.8, 4) is 34.5 Å². The van der Waals surface area contributed by atoms with Gasteiger partial charge in [-0.05, 0) is 42.7 Å². The van der Waals surface area contributed by atoms with Crippen LogP contribution in [-0.2, 0) is 5.41 Å². The van der Waals surface area contributed by atoms with E-state index in [9.17, 15) is 0 Å². The summed E-state index contributed by atoms with van der Waals surface area (Å²) >= 11 is 0. The zero-order valence-electron chi connectivity index (χ0n) is 24.2. The molecule has 0 fully saturated rings. The summed E-state index contributed by atoms with van der Waals surface area (Å²) in [4.78, 5) is 4.52. The first-order valence-corrected chi connectivity index (χ1v) is 13.4. The zero-order valence-corrected chi connectivity index (χ0v) is 24.2. The van der Waals surface area contributed by atoms with Crippen LogP contribution >= 0.6 is 0 Å². The monoisotopic (exact) mass is 533 g/mol. The van der Waals surface area contributed by atoms with Gasteiger partial charge < -0.3 is 18.9 Å². The van der Waals surface area contributed by atoms with Crippen LogP contribution in [0.25, 0.3) is 23.1 Å². The van der Waals surface area contributed by atoms with E-state index in [2.05, 4.69) is 55.9 Å². The van der Waals surface area contributed by atoms with Crippen LogP contribution in [0.3, 0.4) is 0 Å². The van der Waals surface area contributed by atoms with Gasteiger partial charge >= 0.3 is 0 Å². The minimum absolute atomic E-state index is 0.124. The summed E-state index contributed by atoms with van der Waals surface area (Å²) in [5.74, 6) is 2.97. The van der Waals surface area contributed by atoms with E-state index in [1.807, 2.05) is 24.3 Å². The molecule has 0 saturated heterocycles. The highest BCUT2D eigenvalue weighted by Gasteiger charge is 2.26. The van der Waals surface area contributed by atoms with Crippen molar-refractivity contribution in [2.75, 3.05) is 21.3 Å². The Kier molecular flexibility index (Phi) is 8.57. The molecule has 9 nitrogen and oxygen atoms in total. The second-order valence-corrected chi connectivity index (χ2v) is 10.5. The molecule has 0 radical (unpaired) electrons. The molecule has 0 amide bonds. The van der Waals surface area contributed by atoms with Crippen LogP contribution in [0.4, 0.5) is 0 Å². The molecule has 0 aliphatic heterocycles. The van der Waals surface area contributed by atoms with Gasteiger partial charge in [-0.1, -0.05) is 53.5 Å². The Hall–Kier alpha value is -3.88. The molecule has 1 unspecified atom stereocenters. The highest BCUT2D eigenvalue weighted by Crippen LogP contribution is 2.32. The summed E-state index contributed by atoms with van der Waals surface area (Å²) in [5, 5.41) is 15.0. The minimum atomic E-state index is -0.249. The first-order valence-electron chi connectivity index (χ1n) is 13.4. The van der Waals surface area contributed by atoms with E-state index in [4.69, 9.17) is 24.0 Å². The Bertz CT molecular complexity index is 1480. The van der Waals surface area contributed by atoms with Gasteiger partial charge in [-0.25, -0.2) is 4.98 Å². The molecule has 208 valence electrons. The molecule has 1 aromatic carbocycles. The summed E-state index contributed by atoms with van der Waals surface area (Å²) < 4.78 is 24.6. The van der Waals surface area contributed by atoms with Crippen molar-refractivity contribution in [1.29, 1.82) is 0 Å². The number of hydrogen-bond donors (Lipinski definition) is 0. The van der Waals surface area contributed by atoms with Gasteiger partial charge in [-0.3, -0.25) is 0 Å². The first-order chi connectivity index (χ1) is 18.7. The molecule has 9 heteroatoms. The lowest BCUT2D eigenvalue weighted by Crippen LogP contribution is -2.22. The number of fused-ring (bicyclic) bond motifs is 1. The first kappa shape index (κ1) is 28.1. The summed E-state index contributed by atoms with van der Waals surface area (Å²) in [6.45, 7) is 10.7. The maximum absolute atomic E-state index is 6.29. The van der Waals surface area contributed by atoms with Gasteiger partial charge in [0.15, 0.2) is 23.0 Å². The molecule has 0 spiro atoms. The third kappa shape index (κ3) is 5.92. The van der Waals surface area contributed by atoms with Crippen LogP contribution in [0.5, 0.6) is 23.1 Å². The fourth-order valence-electron chi connectivity index (χ4n) is 4.56. The van der Waals surface area contributed by atoms with Gasteiger partial charge in [0.1, 0.15) is 5.75 Å². The topological polar surface area (TPSA) is 92.9 Å². The van der Waals surface area contributed by atoms with Crippen molar-refractivity contribution in [2.24, 2.45) is 0 Å². The average Bonchev–Trinajstić information content (AvgIpc) is 3.51. The number of unbranched alkanes of at least 4 members (excludes halogenated alkanes) is 1. The highest BCUT2D eigenvalue weighted by atomic mass is 16.5. The van der Waals surface area contributed by atoms with Crippen molar-refractivity contribution in [1.82, 2.24) is 24.8 Å². The van der Waals surface area contributed by atoms with E-state index in [0.29, 0.717) is 40.2 Å². The fraction of sp³-hybridized carbons (Fsp3) is 0.467. The lowest BCUT2D eigenvalue weighted by molar-refractivity contribution is 0.182. The van der Waals surface area contributed by atoms with Crippen molar-refractivity contribution in [3.63, 3.8) is 0 Å². The van der Waals surface area contributed by atoms with Crippen molar-refractivity contribution < 1.29 is 18.9 Å². The number of benzene rings is 1. The summed E-state index contributed by atoms with van der Waals surface area (Å²) in [5.41, 5.74) is 2.90. The molecular weight excluding hydrogens is 494 g/mol. The second kappa shape index (κ2) is 11.9. The standard InChI is InChI=1S/C30H39N5O4/c1-9-11-12-20(10-2)39-21-17-23(29(38-8)31-18-21)28-33-32-27-22(26(30(3,4)5)34-35(27)28)15-19-13-14-24(36-6)25(16-19)37-7/h13-18,20H,9-12H2,1-8H3. The predicted molar refractivity (Wildman–Crippen MR) is 152 cm³/mol. The van der Waals surface area contributed by atoms with Crippen LogP contribution in [0.15, 0.2) is 30.5 Å². The van der Waals surface area contributed by atoms with E-state index in [1.165, 1.54) is 0 Å². The van der Waals surface area contributed by atoms with Crippen molar-refractivity contribution in [2.45, 2.75) is 71.8 Å². The summed E-state index contributed by atoms with van der Waals surface area (Å²) in [7, 11) is 4.84. The molecule has 4 aromatic rings. The van der Waals surface area contributed by atoms with Crippen molar-refractivity contribution in [3.05, 3.63) is 46.9 Å². The molecule has 39 heavy (non-hydrogen) atoms. The van der Waals surface area contributed by atoms with Gasteiger partial charge in [0.2, 0.25) is 5.88 Å². The molecular formula is C30H39N5O4. The quantitative estimate of drug-likeness (QED) is 0.253. The van der Waals surface area contributed by atoms with Crippen LogP contribution in [0.1, 0.15) is 71.6 Å². The molecule has 4 rings (SSSR count). The number of aromatic nitrogens is 5. The van der Waals surface area contributed by atoms with E-state index in [1.54, 1.807) is 32.0 Å². The SMILES string of the molecule is CCCCC(CC)Oc1cnc(OC)c(-c2nnc3c(=Cc4ccc(OC)c(OC)c4)c(C(C)(C)C)nn23)c1. The largest absolute Gasteiger partial charge is 0.493 e. The van der Waals surface area contributed by atoms with E-state index >= 15 is 0 Å². The molecule has 0 N–H and O–H groups in total. The van der Waals surface area contributed by atoms with Gasteiger partial charge in [0, 0.05) is 10.6 Å². The van der Waals surface area contributed by atoms with Crippen LogP contribution < -0.4 is 24.2 Å². The highest BCUT2D eigenvalue weighted by molar-refractivity contribution is 5.68. The second-order valence-electron chi connectivity index (χ2n) is 10.5. The van der Waals surface area contributed by atoms with Crippen LogP contribution in [-0.4, -0.2) is 52.2 Å². The predicted octanol–water partition coefficient (Wildman–Crippen LogP) is 5.40. The van der Waals surface area contributed by atoms with E-state index in [-0.39, 0.29) is 11.5 Å². The van der Waals surface area contributed by atoms with Gasteiger partial charge in [0.05, 0.1) is 44.9 Å². The maximum atomic E-state index is 6.29. The Labute approximate surface area is 230 Å². The van der Waals surface area contributed by atoms with Gasteiger partial charge in [-0.15, -0.1) is 10.2 Å². The van der Waals surface area contributed by atoms with Crippen LogP contribution in [0.2, 0.25) is 0 Å². The normalized spacial score (nSPS) is 13.1. The summed E-state index contributed by atoms with van der Waals surface area (Å²) in [6.07, 6.45) is 8.04. The summed E-state index contributed by atoms with van der Waals surface area (Å²) in [6, 6.07) is 7.71. The number of methoxy groups -OCH3 is 3. The number of hydrogen-bond acceptors (Lipinski definition) is 8. The Balaban J connectivity index is 1.86. The lowest BCUT2D eigenvalue weighted by Gasteiger charge is -2.18. The molecule has 0 aliphatic rings. The zero-order chi connectivity index (χ0) is 28.2.